The van der Waals surface area contributed by atoms with E-state index in [1.54, 1.807) is 12.1 Å². The summed E-state index contributed by atoms with van der Waals surface area (Å²) in [4.78, 5) is 12.1. The second kappa shape index (κ2) is 6.91. The van der Waals surface area contributed by atoms with Crippen molar-refractivity contribution < 1.29 is 4.79 Å². The predicted molar refractivity (Wildman–Crippen MR) is 86.4 cm³/mol. The molecule has 4 heteroatoms. The van der Waals surface area contributed by atoms with Crippen molar-refractivity contribution in [1.29, 1.82) is 0 Å². The van der Waals surface area contributed by atoms with E-state index in [0.29, 0.717) is 17.1 Å². The minimum absolute atomic E-state index is 0.149. The van der Waals surface area contributed by atoms with Gasteiger partial charge >= 0.3 is 0 Å². The summed E-state index contributed by atoms with van der Waals surface area (Å²) in [6, 6.07) is 13.6. The van der Waals surface area contributed by atoms with Crippen LogP contribution in [0.25, 0.3) is 0 Å². The summed E-state index contributed by atoms with van der Waals surface area (Å²) in [5.41, 5.74) is 2.93. The summed E-state index contributed by atoms with van der Waals surface area (Å²) in [5.74, 6) is -0.149. The highest BCUT2D eigenvalue weighted by molar-refractivity contribution is 9.10. The van der Waals surface area contributed by atoms with Crippen molar-refractivity contribution in [2.75, 3.05) is 6.54 Å². The molecule has 0 saturated heterocycles. The molecule has 20 heavy (non-hydrogen) atoms. The zero-order valence-corrected chi connectivity index (χ0v) is 13.5. The topological polar surface area (TPSA) is 29.1 Å². The molecular weight excluding hydrogens is 338 g/mol. The largest absolute Gasteiger partial charge is 0.352 e. The molecule has 2 nitrogen and oxygen atoms in total. The van der Waals surface area contributed by atoms with Crippen molar-refractivity contribution in [3.8, 4) is 0 Å². The molecule has 0 heterocycles. The lowest BCUT2D eigenvalue weighted by atomic mass is 10.1. The molecule has 2 aromatic rings. The second-order valence-electron chi connectivity index (χ2n) is 4.60. The molecule has 1 N–H and O–H groups in total. The average Bonchev–Trinajstić information content (AvgIpc) is 2.42. The van der Waals surface area contributed by atoms with Crippen molar-refractivity contribution in [3.63, 3.8) is 0 Å². The molecular formula is C16H15BrClNO. The van der Waals surface area contributed by atoms with Crippen molar-refractivity contribution in [3.05, 3.63) is 68.7 Å². The molecule has 0 saturated carbocycles. The highest BCUT2D eigenvalue weighted by Crippen LogP contribution is 2.25. The summed E-state index contributed by atoms with van der Waals surface area (Å²) in [5, 5.41) is 3.34. The van der Waals surface area contributed by atoms with Gasteiger partial charge in [-0.3, -0.25) is 4.79 Å². The van der Waals surface area contributed by atoms with E-state index in [4.69, 9.17) is 11.6 Å². The number of hydrogen-bond acceptors (Lipinski definition) is 1. The number of aryl methyl sites for hydroxylation is 1. The van der Waals surface area contributed by atoms with Crippen LogP contribution in [0.2, 0.25) is 5.02 Å². The van der Waals surface area contributed by atoms with Gasteiger partial charge in [0.2, 0.25) is 0 Å². The minimum Gasteiger partial charge on any atom is -0.352 e. The molecule has 0 aliphatic carbocycles. The molecule has 0 unspecified atom stereocenters. The highest BCUT2D eigenvalue weighted by Gasteiger charge is 2.11. The lowest BCUT2D eigenvalue weighted by Gasteiger charge is -2.08. The van der Waals surface area contributed by atoms with Gasteiger partial charge in [-0.15, -0.1) is 0 Å². The Labute approximate surface area is 132 Å². The summed E-state index contributed by atoms with van der Waals surface area (Å²) < 4.78 is 0.727. The number of halogens is 2. The lowest BCUT2D eigenvalue weighted by molar-refractivity contribution is 0.0954. The van der Waals surface area contributed by atoms with Crippen LogP contribution < -0.4 is 5.32 Å². The van der Waals surface area contributed by atoms with Gasteiger partial charge in [0.15, 0.2) is 0 Å². The lowest BCUT2D eigenvalue weighted by Crippen LogP contribution is -2.26. The van der Waals surface area contributed by atoms with Gasteiger partial charge in [-0.25, -0.2) is 0 Å². The SMILES string of the molecule is Cc1cccc(CCNC(=O)c2cccc(Br)c2Cl)c1. The number of carbonyl (C=O) groups excluding carboxylic acids is 1. The molecule has 0 spiro atoms. The third kappa shape index (κ3) is 3.84. The summed E-state index contributed by atoms with van der Waals surface area (Å²) in [7, 11) is 0. The Kier molecular flexibility index (Phi) is 5.21. The Hall–Kier alpha value is -1.32. The Balaban J connectivity index is 1.94. The predicted octanol–water partition coefficient (Wildman–Crippen LogP) is 4.38. The van der Waals surface area contributed by atoms with Gasteiger partial charge in [0.25, 0.3) is 5.91 Å². The van der Waals surface area contributed by atoms with E-state index in [9.17, 15) is 4.79 Å². The van der Waals surface area contributed by atoms with E-state index in [2.05, 4.69) is 46.4 Å². The third-order valence-corrected chi connectivity index (χ3v) is 4.27. The number of amides is 1. The quantitative estimate of drug-likeness (QED) is 0.869. The van der Waals surface area contributed by atoms with Gasteiger partial charge in [0.1, 0.15) is 0 Å². The first-order chi connectivity index (χ1) is 9.58. The summed E-state index contributed by atoms with van der Waals surface area (Å²) >= 11 is 9.41. The van der Waals surface area contributed by atoms with Gasteiger partial charge < -0.3 is 5.32 Å². The molecule has 0 aliphatic heterocycles. The Bertz CT molecular complexity index is 628. The van der Waals surface area contributed by atoms with Crippen molar-refractivity contribution in [2.24, 2.45) is 0 Å². The zero-order valence-electron chi connectivity index (χ0n) is 11.1. The number of nitrogens with one attached hydrogen (secondary N) is 1. The van der Waals surface area contributed by atoms with Gasteiger partial charge in [-0.05, 0) is 47.0 Å². The Morgan fingerprint density at radius 1 is 1.25 bits per heavy atom. The standard InChI is InChI=1S/C16H15BrClNO/c1-11-4-2-5-12(10-11)8-9-19-16(20)13-6-3-7-14(17)15(13)18/h2-7,10H,8-9H2,1H3,(H,19,20). The fourth-order valence-electron chi connectivity index (χ4n) is 1.96. The third-order valence-electron chi connectivity index (χ3n) is 2.98. The smallest absolute Gasteiger partial charge is 0.252 e. The maximum absolute atomic E-state index is 12.1. The van der Waals surface area contributed by atoms with Gasteiger partial charge in [0.05, 0.1) is 10.6 Å². The average molecular weight is 353 g/mol. The fourth-order valence-corrected chi connectivity index (χ4v) is 2.54. The molecule has 0 bridgehead atoms. The van der Waals surface area contributed by atoms with Crippen LogP contribution in [0, 0.1) is 6.92 Å². The van der Waals surface area contributed by atoms with Crippen LogP contribution in [0.1, 0.15) is 21.5 Å². The first-order valence-corrected chi connectivity index (χ1v) is 7.53. The van der Waals surface area contributed by atoms with E-state index < -0.39 is 0 Å². The van der Waals surface area contributed by atoms with Crippen LogP contribution >= 0.6 is 27.5 Å². The minimum atomic E-state index is -0.149. The van der Waals surface area contributed by atoms with Crippen LogP contribution in [0.15, 0.2) is 46.9 Å². The molecule has 0 radical (unpaired) electrons. The van der Waals surface area contributed by atoms with E-state index >= 15 is 0 Å². The normalized spacial score (nSPS) is 10.3. The number of carbonyl (C=O) groups is 1. The van der Waals surface area contributed by atoms with E-state index in [0.717, 1.165) is 10.9 Å². The van der Waals surface area contributed by atoms with Crippen LogP contribution in [0.4, 0.5) is 0 Å². The second-order valence-corrected chi connectivity index (χ2v) is 5.83. The van der Waals surface area contributed by atoms with E-state index in [1.807, 2.05) is 12.1 Å². The fraction of sp³-hybridized carbons (Fsp3) is 0.188. The van der Waals surface area contributed by atoms with Gasteiger partial charge in [-0.1, -0.05) is 47.5 Å². The molecule has 104 valence electrons. The maximum atomic E-state index is 12.1. The van der Waals surface area contributed by atoms with E-state index in [1.165, 1.54) is 11.1 Å². The molecule has 2 aromatic carbocycles. The number of benzene rings is 2. The van der Waals surface area contributed by atoms with Crippen LogP contribution in [0.3, 0.4) is 0 Å². The van der Waals surface area contributed by atoms with Gasteiger partial charge in [-0.2, -0.15) is 0 Å². The Morgan fingerprint density at radius 2 is 2.00 bits per heavy atom. The number of rotatable bonds is 4. The highest BCUT2D eigenvalue weighted by atomic mass is 79.9. The van der Waals surface area contributed by atoms with Gasteiger partial charge in [0, 0.05) is 11.0 Å². The Morgan fingerprint density at radius 3 is 2.75 bits per heavy atom. The monoisotopic (exact) mass is 351 g/mol. The van der Waals surface area contributed by atoms with Crippen LogP contribution in [-0.4, -0.2) is 12.5 Å². The molecule has 2 rings (SSSR count). The molecule has 0 fully saturated rings. The van der Waals surface area contributed by atoms with Crippen LogP contribution in [-0.2, 0) is 6.42 Å². The first kappa shape index (κ1) is 15.1. The van der Waals surface area contributed by atoms with Crippen molar-refractivity contribution in [2.45, 2.75) is 13.3 Å². The molecule has 1 amide bonds. The summed E-state index contributed by atoms with van der Waals surface area (Å²) in [6.07, 6.45) is 0.805. The zero-order chi connectivity index (χ0) is 14.5. The van der Waals surface area contributed by atoms with Crippen molar-refractivity contribution >= 4 is 33.4 Å². The first-order valence-electron chi connectivity index (χ1n) is 6.35. The van der Waals surface area contributed by atoms with E-state index in [-0.39, 0.29) is 5.91 Å². The maximum Gasteiger partial charge on any atom is 0.252 e. The van der Waals surface area contributed by atoms with Crippen LogP contribution in [0.5, 0.6) is 0 Å². The van der Waals surface area contributed by atoms with Crippen molar-refractivity contribution in [1.82, 2.24) is 5.32 Å². The summed E-state index contributed by atoms with van der Waals surface area (Å²) in [6.45, 7) is 2.65. The molecule has 0 aliphatic rings. The molecule has 0 aromatic heterocycles. The number of hydrogen-bond donors (Lipinski definition) is 1. The molecule has 0 atom stereocenters.